The predicted molar refractivity (Wildman–Crippen MR) is 125 cm³/mol. The lowest BCUT2D eigenvalue weighted by Crippen LogP contribution is -2.42. The second-order valence-electron chi connectivity index (χ2n) is 6.52. The number of nitrogens with one attached hydrogen (secondary N) is 2. The number of methoxy groups -OCH3 is 1. The van der Waals surface area contributed by atoms with Gasteiger partial charge < -0.3 is 25.0 Å². The molecule has 0 fully saturated rings. The van der Waals surface area contributed by atoms with Gasteiger partial charge in [0, 0.05) is 32.7 Å². The molecule has 7 heteroatoms. The van der Waals surface area contributed by atoms with E-state index in [0.717, 1.165) is 49.9 Å². The number of guanidine groups is 1. The highest BCUT2D eigenvalue weighted by Gasteiger charge is 2.06. The van der Waals surface area contributed by atoms with Crippen molar-refractivity contribution in [1.82, 2.24) is 15.5 Å². The van der Waals surface area contributed by atoms with Crippen molar-refractivity contribution in [2.45, 2.75) is 39.7 Å². The summed E-state index contributed by atoms with van der Waals surface area (Å²) in [5, 5.41) is 6.72. The number of rotatable bonds is 11. The standard InChI is InChI=1S/C20H36N4O2.HI/c1-7-26-19-15-17(10-11-18(19)25-6)9-8-12-22-20(21-4)23-13-14-24(5)16(2)3;/h10-11,15-16H,7-9,12-14H2,1-6H3,(H2,21,22,23);1H. The van der Waals surface area contributed by atoms with Gasteiger partial charge in [-0.15, -0.1) is 24.0 Å². The van der Waals surface area contributed by atoms with Crippen LogP contribution in [0, 0.1) is 0 Å². The van der Waals surface area contributed by atoms with Gasteiger partial charge in [0.15, 0.2) is 17.5 Å². The van der Waals surface area contributed by atoms with Crippen LogP contribution in [0.4, 0.5) is 0 Å². The van der Waals surface area contributed by atoms with Crippen LogP contribution in [0.5, 0.6) is 11.5 Å². The number of hydrogen-bond acceptors (Lipinski definition) is 4. The van der Waals surface area contributed by atoms with Gasteiger partial charge in [0.1, 0.15) is 0 Å². The molecule has 0 bridgehead atoms. The number of nitrogens with zero attached hydrogens (tertiary/aromatic N) is 2. The number of benzene rings is 1. The van der Waals surface area contributed by atoms with Gasteiger partial charge in [-0.2, -0.15) is 0 Å². The molecule has 0 aliphatic carbocycles. The van der Waals surface area contributed by atoms with Crippen LogP contribution in [0.25, 0.3) is 0 Å². The summed E-state index contributed by atoms with van der Waals surface area (Å²) in [6, 6.07) is 6.69. The molecule has 0 spiro atoms. The minimum absolute atomic E-state index is 0. The van der Waals surface area contributed by atoms with Gasteiger partial charge in [-0.25, -0.2) is 0 Å². The Hall–Kier alpha value is -1.22. The van der Waals surface area contributed by atoms with E-state index in [1.807, 2.05) is 13.0 Å². The third-order valence-electron chi connectivity index (χ3n) is 4.32. The highest BCUT2D eigenvalue weighted by molar-refractivity contribution is 14.0. The number of aryl methyl sites for hydroxylation is 1. The second-order valence-corrected chi connectivity index (χ2v) is 6.52. The van der Waals surface area contributed by atoms with E-state index in [1.54, 1.807) is 14.2 Å². The maximum atomic E-state index is 5.64. The molecule has 0 amide bonds. The normalized spacial score (nSPS) is 11.3. The first-order valence-electron chi connectivity index (χ1n) is 9.46. The SMILES string of the molecule is CCOc1cc(CCCNC(=NC)NCCN(C)C(C)C)ccc1OC.I. The summed E-state index contributed by atoms with van der Waals surface area (Å²) in [4.78, 5) is 6.58. The molecule has 0 saturated carbocycles. The highest BCUT2D eigenvalue weighted by Crippen LogP contribution is 2.28. The summed E-state index contributed by atoms with van der Waals surface area (Å²) in [6.07, 6.45) is 1.99. The van der Waals surface area contributed by atoms with Crippen LogP contribution >= 0.6 is 24.0 Å². The fourth-order valence-corrected chi connectivity index (χ4v) is 2.47. The van der Waals surface area contributed by atoms with Crippen LogP contribution < -0.4 is 20.1 Å². The monoisotopic (exact) mass is 492 g/mol. The summed E-state index contributed by atoms with van der Waals surface area (Å²) in [7, 11) is 5.60. The summed E-state index contributed by atoms with van der Waals surface area (Å²) < 4.78 is 11.0. The minimum atomic E-state index is 0. The predicted octanol–water partition coefficient (Wildman–Crippen LogP) is 3.15. The van der Waals surface area contributed by atoms with Crippen molar-refractivity contribution in [3.63, 3.8) is 0 Å². The quantitative estimate of drug-likeness (QED) is 0.215. The molecule has 1 aromatic carbocycles. The molecule has 1 aromatic rings. The Balaban J connectivity index is 0.00000676. The highest BCUT2D eigenvalue weighted by atomic mass is 127. The van der Waals surface area contributed by atoms with Crippen LogP contribution in [0.15, 0.2) is 23.2 Å². The van der Waals surface area contributed by atoms with Crippen LogP contribution in [0.2, 0.25) is 0 Å². The molecule has 0 unspecified atom stereocenters. The van der Waals surface area contributed by atoms with Gasteiger partial charge in [-0.1, -0.05) is 6.07 Å². The number of aliphatic imine (C=N–C) groups is 1. The Kier molecular flexibility index (Phi) is 14.1. The maximum absolute atomic E-state index is 5.64. The zero-order valence-corrected chi connectivity index (χ0v) is 20.0. The molecule has 0 aliphatic heterocycles. The van der Waals surface area contributed by atoms with Crippen LogP contribution in [-0.2, 0) is 6.42 Å². The molecule has 0 saturated heterocycles. The first kappa shape index (κ1) is 25.8. The van der Waals surface area contributed by atoms with E-state index < -0.39 is 0 Å². The van der Waals surface area contributed by atoms with Crippen LogP contribution in [-0.4, -0.2) is 64.3 Å². The Morgan fingerprint density at radius 2 is 1.89 bits per heavy atom. The number of ether oxygens (including phenoxy) is 2. The maximum Gasteiger partial charge on any atom is 0.191 e. The minimum Gasteiger partial charge on any atom is -0.493 e. The first-order valence-corrected chi connectivity index (χ1v) is 9.46. The van der Waals surface area contributed by atoms with E-state index in [0.29, 0.717) is 12.6 Å². The van der Waals surface area contributed by atoms with Crippen molar-refractivity contribution in [1.29, 1.82) is 0 Å². The molecule has 0 aromatic heterocycles. The first-order chi connectivity index (χ1) is 12.5. The third-order valence-corrected chi connectivity index (χ3v) is 4.32. The molecule has 6 nitrogen and oxygen atoms in total. The van der Waals surface area contributed by atoms with E-state index in [4.69, 9.17) is 9.47 Å². The van der Waals surface area contributed by atoms with Crippen molar-refractivity contribution in [3.8, 4) is 11.5 Å². The van der Waals surface area contributed by atoms with E-state index in [1.165, 1.54) is 5.56 Å². The topological polar surface area (TPSA) is 58.1 Å². The van der Waals surface area contributed by atoms with E-state index in [2.05, 4.69) is 53.6 Å². The number of likely N-dealkylation sites (N-methyl/N-ethyl adjacent to an activating group) is 1. The number of halogens is 1. The average molecular weight is 492 g/mol. The lowest BCUT2D eigenvalue weighted by molar-refractivity contribution is 0.278. The van der Waals surface area contributed by atoms with Gasteiger partial charge in [-0.3, -0.25) is 4.99 Å². The zero-order chi connectivity index (χ0) is 19.4. The Labute approximate surface area is 182 Å². The lowest BCUT2D eigenvalue weighted by Gasteiger charge is -2.21. The fraction of sp³-hybridized carbons (Fsp3) is 0.650. The molecule has 27 heavy (non-hydrogen) atoms. The second kappa shape index (κ2) is 14.8. The van der Waals surface area contributed by atoms with E-state index in [-0.39, 0.29) is 24.0 Å². The van der Waals surface area contributed by atoms with Gasteiger partial charge in [0.25, 0.3) is 0 Å². The fourth-order valence-electron chi connectivity index (χ4n) is 2.47. The van der Waals surface area contributed by atoms with Crippen molar-refractivity contribution in [2.75, 3.05) is 47.4 Å². The van der Waals surface area contributed by atoms with Crippen LogP contribution in [0.1, 0.15) is 32.8 Å². The van der Waals surface area contributed by atoms with Crippen LogP contribution in [0.3, 0.4) is 0 Å². The van der Waals surface area contributed by atoms with Crippen molar-refractivity contribution in [3.05, 3.63) is 23.8 Å². The van der Waals surface area contributed by atoms with Crippen molar-refractivity contribution in [2.24, 2.45) is 4.99 Å². The summed E-state index contributed by atoms with van der Waals surface area (Å²) >= 11 is 0. The van der Waals surface area contributed by atoms with Crippen molar-refractivity contribution < 1.29 is 9.47 Å². The number of hydrogen-bond donors (Lipinski definition) is 2. The molecular formula is C20H37IN4O2. The van der Waals surface area contributed by atoms with Crippen molar-refractivity contribution >= 4 is 29.9 Å². The third kappa shape index (κ3) is 10.0. The molecule has 1 rings (SSSR count). The molecule has 156 valence electrons. The smallest absolute Gasteiger partial charge is 0.191 e. The summed E-state index contributed by atoms with van der Waals surface area (Å²) in [5.74, 6) is 2.45. The van der Waals surface area contributed by atoms with Gasteiger partial charge in [-0.05, 0) is 58.4 Å². The molecular weight excluding hydrogens is 455 g/mol. The lowest BCUT2D eigenvalue weighted by atomic mass is 10.1. The Morgan fingerprint density at radius 3 is 2.48 bits per heavy atom. The average Bonchev–Trinajstić information content (AvgIpc) is 2.63. The van der Waals surface area contributed by atoms with Gasteiger partial charge in [0.05, 0.1) is 13.7 Å². The van der Waals surface area contributed by atoms with Gasteiger partial charge in [0.2, 0.25) is 0 Å². The Morgan fingerprint density at radius 1 is 1.19 bits per heavy atom. The molecule has 0 heterocycles. The van der Waals surface area contributed by atoms with E-state index in [9.17, 15) is 0 Å². The molecule has 2 N–H and O–H groups in total. The summed E-state index contributed by atoms with van der Waals surface area (Å²) in [5.41, 5.74) is 1.25. The van der Waals surface area contributed by atoms with E-state index >= 15 is 0 Å². The zero-order valence-electron chi connectivity index (χ0n) is 17.7. The molecule has 0 radical (unpaired) electrons. The summed E-state index contributed by atoms with van der Waals surface area (Å²) in [6.45, 7) is 9.75. The van der Waals surface area contributed by atoms with Gasteiger partial charge >= 0.3 is 0 Å². The molecule has 0 atom stereocenters. The largest absolute Gasteiger partial charge is 0.493 e. The Bertz CT molecular complexity index is 553. The molecule has 0 aliphatic rings.